The van der Waals surface area contributed by atoms with E-state index in [2.05, 4.69) is 29.0 Å². The molecule has 0 bridgehead atoms. The zero-order valence-electron chi connectivity index (χ0n) is 11.2. The Balaban J connectivity index is 1.64. The lowest BCUT2D eigenvalue weighted by Gasteiger charge is -2.21. The van der Waals surface area contributed by atoms with Gasteiger partial charge in [-0.05, 0) is 57.1 Å². The largest absolute Gasteiger partial charge is 0.305 e. The molecule has 1 saturated heterocycles. The van der Waals surface area contributed by atoms with Crippen LogP contribution in [-0.4, -0.2) is 49.6 Å². The van der Waals surface area contributed by atoms with Crippen LogP contribution in [0.1, 0.15) is 18.4 Å². The number of rotatable bonds is 6. The van der Waals surface area contributed by atoms with Gasteiger partial charge in [-0.25, -0.2) is 0 Å². The van der Waals surface area contributed by atoms with Crippen LogP contribution in [-0.2, 0) is 6.42 Å². The van der Waals surface area contributed by atoms with E-state index in [0.717, 1.165) is 18.0 Å². The van der Waals surface area contributed by atoms with Gasteiger partial charge < -0.3 is 9.80 Å². The molecule has 1 fully saturated rings. The quantitative estimate of drug-likeness (QED) is 0.781. The third kappa shape index (κ3) is 4.60. The van der Waals surface area contributed by atoms with Crippen molar-refractivity contribution >= 4 is 11.6 Å². The molecule has 1 aromatic rings. The van der Waals surface area contributed by atoms with Gasteiger partial charge in [0.25, 0.3) is 0 Å². The zero-order chi connectivity index (χ0) is 12.8. The van der Waals surface area contributed by atoms with Gasteiger partial charge in [-0.1, -0.05) is 23.7 Å². The molecule has 0 saturated carbocycles. The van der Waals surface area contributed by atoms with Gasteiger partial charge in [0, 0.05) is 24.7 Å². The summed E-state index contributed by atoms with van der Waals surface area (Å²) in [5, 5.41) is 0.820. The average molecular weight is 267 g/mol. The number of halogens is 1. The first kappa shape index (κ1) is 13.9. The van der Waals surface area contributed by atoms with Gasteiger partial charge in [0.05, 0.1) is 0 Å². The number of likely N-dealkylation sites (N-methyl/N-ethyl adjacent to an activating group) is 1. The van der Waals surface area contributed by atoms with Gasteiger partial charge in [0.2, 0.25) is 0 Å². The molecule has 2 nitrogen and oxygen atoms in total. The molecule has 1 aromatic carbocycles. The Labute approximate surface area is 116 Å². The molecule has 3 heteroatoms. The van der Waals surface area contributed by atoms with E-state index in [1.54, 1.807) is 0 Å². The maximum Gasteiger partial charge on any atom is 0.0406 e. The molecule has 1 heterocycles. The second-order valence-electron chi connectivity index (χ2n) is 5.23. The summed E-state index contributed by atoms with van der Waals surface area (Å²) in [7, 11) is 2.21. The summed E-state index contributed by atoms with van der Waals surface area (Å²) in [6.45, 7) is 6.11. The van der Waals surface area contributed by atoms with Crippen LogP contribution in [0.5, 0.6) is 0 Å². The van der Waals surface area contributed by atoms with Crippen molar-refractivity contribution in [2.75, 3.05) is 39.8 Å². The maximum absolute atomic E-state index is 5.88. The minimum atomic E-state index is 0.820. The topological polar surface area (TPSA) is 6.48 Å². The summed E-state index contributed by atoms with van der Waals surface area (Å²) in [5.41, 5.74) is 1.37. The van der Waals surface area contributed by atoms with Crippen LogP contribution >= 0.6 is 11.6 Å². The van der Waals surface area contributed by atoms with E-state index in [0.29, 0.717) is 0 Å². The second kappa shape index (κ2) is 7.13. The highest BCUT2D eigenvalue weighted by atomic mass is 35.5. The van der Waals surface area contributed by atoms with Crippen molar-refractivity contribution in [1.29, 1.82) is 0 Å². The first-order chi connectivity index (χ1) is 8.74. The van der Waals surface area contributed by atoms with Gasteiger partial charge in [0.15, 0.2) is 0 Å². The maximum atomic E-state index is 5.88. The van der Waals surface area contributed by atoms with Crippen molar-refractivity contribution in [3.63, 3.8) is 0 Å². The molecule has 1 aliphatic heterocycles. The summed E-state index contributed by atoms with van der Waals surface area (Å²) in [5.74, 6) is 0. The molecule has 100 valence electrons. The molecule has 0 N–H and O–H groups in total. The van der Waals surface area contributed by atoms with Crippen molar-refractivity contribution in [1.82, 2.24) is 9.80 Å². The molecule has 0 spiro atoms. The number of likely N-dealkylation sites (tertiary alicyclic amines) is 1. The molecule has 0 unspecified atom stereocenters. The first-order valence-corrected chi connectivity index (χ1v) is 7.27. The molecule has 1 aliphatic rings. The van der Waals surface area contributed by atoms with Gasteiger partial charge in [-0.3, -0.25) is 0 Å². The summed E-state index contributed by atoms with van der Waals surface area (Å²) in [6.07, 6.45) is 3.87. The van der Waals surface area contributed by atoms with Crippen molar-refractivity contribution < 1.29 is 0 Å². The van der Waals surface area contributed by atoms with E-state index in [9.17, 15) is 0 Å². The fourth-order valence-corrected chi connectivity index (χ4v) is 2.53. The molecule has 18 heavy (non-hydrogen) atoms. The third-order valence-electron chi connectivity index (χ3n) is 3.69. The van der Waals surface area contributed by atoms with Crippen LogP contribution in [0.25, 0.3) is 0 Å². The lowest BCUT2D eigenvalue weighted by molar-refractivity contribution is 0.259. The van der Waals surface area contributed by atoms with Crippen molar-refractivity contribution in [3.05, 3.63) is 34.9 Å². The molecular formula is C15H23ClN2. The fraction of sp³-hybridized carbons (Fsp3) is 0.600. The number of hydrogen-bond acceptors (Lipinski definition) is 2. The lowest BCUT2D eigenvalue weighted by Crippen LogP contribution is -2.32. The Morgan fingerprint density at radius 3 is 2.44 bits per heavy atom. The standard InChI is InChI=1S/C15H23ClN2/c1-17(12-13-18-9-2-3-10-18)11-8-14-4-6-15(16)7-5-14/h4-7H,2-3,8-13H2,1H3. The van der Waals surface area contributed by atoms with E-state index in [4.69, 9.17) is 11.6 Å². The molecule has 0 radical (unpaired) electrons. The minimum absolute atomic E-state index is 0.820. The highest BCUT2D eigenvalue weighted by Gasteiger charge is 2.11. The van der Waals surface area contributed by atoms with Crippen LogP contribution in [0.4, 0.5) is 0 Å². The summed E-state index contributed by atoms with van der Waals surface area (Å²) in [4.78, 5) is 4.99. The number of benzene rings is 1. The molecule has 0 aromatic heterocycles. The second-order valence-corrected chi connectivity index (χ2v) is 5.66. The Kier molecular flexibility index (Phi) is 5.48. The van der Waals surface area contributed by atoms with Crippen LogP contribution in [0, 0.1) is 0 Å². The van der Waals surface area contributed by atoms with Gasteiger partial charge in [-0.15, -0.1) is 0 Å². The van der Waals surface area contributed by atoms with E-state index in [1.807, 2.05) is 12.1 Å². The predicted octanol–water partition coefficient (Wildman–Crippen LogP) is 2.91. The Bertz CT molecular complexity index is 344. The molecule has 0 aliphatic carbocycles. The smallest absolute Gasteiger partial charge is 0.0406 e. The summed E-state index contributed by atoms with van der Waals surface area (Å²) >= 11 is 5.88. The van der Waals surface area contributed by atoms with E-state index >= 15 is 0 Å². The predicted molar refractivity (Wildman–Crippen MR) is 78.3 cm³/mol. The Morgan fingerprint density at radius 1 is 1.11 bits per heavy atom. The highest BCUT2D eigenvalue weighted by Crippen LogP contribution is 2.10. The zero-order valence-corrected chi connectivity index (χ0v) is 12.0. The van der Waals surface area contributed by atoms with E-state index in [1.165, 1.54) is 44.6 Å². The highest BCUT2D eigenvalue weighted by molar-refractivity contribution is 6.30. The monoisotopic (exact) mass is 266 g/mol. The molecule has 0 atom stereocenters. The molecule has 0 amide bonds. The Morgan fingerprint density at radius 2 is 1.78 bits per heavy atom. The van der Waals surface area contributed by atoms with Crippen LogP contribution < -0.4 is 0 Å². The van der Waals surface area contributed by atoms with Crippen LogP contribution in [0.3, 0.4) is 0 Å². The van der Waals surface area contributed by atoms with Gasteiger partial charge in [-0.2, -0.15) is 0 Å². The number of hydrogen-bond donors (Lipinski definition) is 0. The first-order valence-electron chi connectivity index (χ1n) is 6.89. The lowest BCUT2D eigenvalue weighted by atomic mass is 10.1. The SMILES string of the molecule is CN(CCc1ccc(Cl)cc1)CCN1CCCC1. The fourth-order valence-electron chi connectivity index (χ4n) is 2.40. The normalized spacial score (nSPS) is 16.6. The Hall–Kier alpha value is -0.570. The number of nitrogens with zero attached hydrogens (tertiary/aromatic N) is 2. The third-order valence-corrected chi connectivity index (χ3v) is 3.94. The van der Waals surface area contributed by atoms with Crippen LogP contribution in [0.2, 0.25) is 5.02 Å². The van der Waals surface area contributed by atoms with Crippen LogP contribution in [0.15, 0.2) is 24.3 Å². The van der Waals surface area contributed by atoms with Gasteiger partial charge in [0.1, 0.15) is 0 Å². The molecular weight excluding hydrogens is 244 g/mol. The van der Waals surface area contributed by atoms with E-state index in [-0.39, 0.29) is 0 Å². The average Bonchev–Trinajstić information content (AvgIpc) is 2.89. The minimum Gasteiger partial charge on any atom is -0.305 e. The van der Waals surface area contributed by atoms with E-state index < -0.39 is 0 Å². The summed E-state index contributed by atoms with van der Waals surface area (Å²) in [6, 6.07) is 8.19. The molecule has 2 rings (SSSR count). The van der Waals surface area contributed by atoms with Crippen molar-refractivity contribution in [2.24, 2.45) is 0 Å². The summed E-state index contributed by atoms with van der Waals surface area (Å²) < 4.78 is 0. The van der Waals surface area contributed by atoms with Crippen molar-refractivity contribution in [3.8, 4) is 0 Å². The van der Waals surface area contributed by atoms with Crippen molar-refractivity contribution in [2.45, 2.75) is 19.3 Å². The van der Waals surface area contributed by atoms with Gasteiger partial charge >= 0.3 is 0 Å².